The molecule has 128 valence electrons. The second kappa shape index (κ2) is 5.81. The van der Waals surface area contributed by atoms with E-state index in [1.165, 1.54) is 18.4 Å². The molecule has 2 fully saturated rings. The van der Waals surface area contributed by atoms with Crippen molar-refractivity contribution < 1.29 is 4.52 Å². The highest BCUT2D eigenvalue weighted by molar-refractivity contribution is 5.45. The van der Waals surface area contributed by atoms with Crippen LogP contribution in [0.2, 0.25) is 0 Å². The predicted octanol–water partition coefficient (Wildman–Crippen LogP) is 3.16. The van der Waals surface area contributed by atoms with Crippen molar-refractivity contribution in [2.75, 3.05) is 6.54 Å². The third-order valence-corrected chi connectivity index (χ3v) is 5.57. The van der Waals surface area contributed by atoms with Gasteiger partial charge >= 0.3 is 0 Å². The molecule has 3 aromatic rings. The van der Waals surface area contributed by atoms with Crippen LogP contribution in [-0.4, -0.2) is 37.4 Å². The Kier molecular flexibility index (Phi) is 3.45. The van der Waals surface area contributed by atoms with Crippen LogP contribution in [0.4, 0.5) is 0 Å². The first-order valence-electron chi connectivity index (χ1n) is 8.94. The van der Waals surface area contributed by atoms with Crippen molar-refractivity contribution in [1.82, 2.24) is 24.8 Å². The van der Waals surface area contributed by atoms with E-state index in [0.717, 1.165) is 24.5 Å². The van der Waals surface area contributed by atoms with E-state index < -0.39 is 0 Å². The van der Waals surface area contributed by atoms with Gasteiger partial charge in [0.2, 0.25) is 0 Å². The Bertz CT molecular complexity index is 871. The van der Waals surface area contributed by atoms with Crippen molar-refractivity contribution in [3.05, 3.63) is 54.0 Å². The average molecular weight is 335 g/mol. The van der Waals surface area contributed by atoms with Crippen LogP contribution in [0.1, 0.15) is 42.6 Å². The van der Waals surface area contributed by atoms with Crippen LogP contribution in [-0.2, 0) is 7.05 Å². The number of hydrogen-bond donors (Lipinski definition) is 0. The Labute approximate surface area is 146 Å². The lowest BCUT2D eigenvalue weighted by molar-refractivity contribution is 0.243. The van der Waals surface area contributed by atoms with Crippen molar-refractivity contribution in [2.24, 2.45) is 7.05 Å². The molecular weight excluding hydrogens is 314 g/mol. The summed E-state index contributed by atoms with van der Waals surface area (Å²) in [5.41, 5.74) is 2.13. The SMILES string of the molecule is Cn1ccc(-c2nc([C@@H]3C[C@H](c4ccccc4)N4CCC[C@@H]34)no2)n1. The van der Waals surface area contributed by atoms with Gasteiger partial charge in [-0.15, -0.1) is 0 Å². The largest absolute Gasteiger partial charge is 0.332 e. The third kappa shape index (κ3) is 2.48. The van der Waals surface area contributed by atoms with Gasteiger partial charge in [0.15, 0.2) is 11.5 Å². The van der Waals surface area contributed by atoms with E-state index in [4.69, 9.17) is 4.52 Å². The fourth-order valence-electron chi connectivity index (χ4n) is 4.47. The molecule has 2 aromatic heterocycles. The Morgan fingerprint density at radius 2 is 2.04 bits per heavy atom. The average Bonchev–Trinajstić information content (AvgIpc) is 3.39. The summed E-state index contributed by atoms with van der Waals surface area (Å²) in [6.45, 7) is 1.16. The van der Waals surface area contributed by atoms with E-state index in [0.29, 0.717) is 23.9 Å². The first-order chi connectivity index (χ1) is 12.3. The molecule has 0 bridgehead atoms. The fourth-order valence-corrected chi connectivity index (χ4v) is 4.47. The maximum absolute atomic E-state index is 5.51. The van der Waals surface area contributed by atoms with Gasteiger partial charge in [0, 0.05) is 31.2 Å². The van der Waals surface area contributed by atoms with Gasteiger partial charge in [0.25, 0.3) is 5.89 Å². The lowest BCUT2D eigenvalue weighted by Crippen LogP contribution is -2.27. The monoisotopic (exact) mass is 335 g/mol. The number of nitrogens with zero attached hydrogens (tertiary/aromatic N) is 5. The van der Waals surface area contributed by atoms with Crippen molar-refractivity contribution in [2.45, 2.75) is 37.3 Å². The molecule has 2 aliphatic heterocycles. The van der Waals surface area contributed by atoms with E-state index in [-0.39, 0.29) is 0 Å². The van der Waals surface area contributed by atoms with Gasteiger partial charge in [0.1, 0.15) is 0 Å². The molecule has 0 radical (unpaired) electrons. The summed E-state index contributed by atoms with van der Waals surface area (Å²) in [5, 5.41) is 8.67. The Morgan fingerprint density at radius 1 is 1.16 bits per heavy atom. The number of fused-ring (bicyclic) bond motifs is 1. The molecule has 0 saturated carbocycles. The lowest BCUT2D eigenvalue weighted by atomic mass is 9.94. The molecule has 2 aliphatic rings. The first kappa shape index (κ1) is 14.8. The number of aromatic nitrogens is 4. The van der Waals surface area contributed by atoms with Crippen LogP contribution in [0, 0.1) is 0 Å². The lowest BCUT2D eigenvalue weighted by Gasteiger charge is -2.24. The highest BCUT2D eigenvalue weighted by atomic mass is 16.5. The normalized spacial score (nSPS) is 26.2. The predicted molar refractivity (Wildman–Crippen MR) is 92.8 cm³/mol. The van der Waals surface area contributed by atoms with Gasteiger partial charge in [-0.25, -0.2) is 0 Å². The van der Waals surface area contributed by atoms with Crippen LogP contribution in [0.25, 0.3) is 11.6 Å². The summed E-state index contributed by atoms with van der Waals surface area (Å²) in [7, 11) is 1.89. The molecule has 6 heteroatoms. The molecule has 0 amide bonds. The zero-order chi connectivity index (χ0) is 16.8. The Balaban J connectivity index is 1.45. The number of aryl methyl sites for hydroxylation is 1. The Morgan fingerprint density at radius 3 is 2.84 bits per heavy atom. The molecule has 6 nitrogen and oxygen atoms in total. The van der Waals surface area contributed by atoms with Gasteiger partial charge < -0.3 is 4.52 Å². The second-order valence-corrected chi connectivity index (χ2v) is 7.05. The van der Waals surface area contributed by atoms with Crippen molar-refractivity contribution in [3.63, 3.8) is 0 Å². The summed E-state index contributed by atoms with van der Waals surface area (Å²) >= 11 is 0. The smallest absolute Gasteiger partial charge is 0.278 e. The Hall–Kier alpha value is -2.47. The standard InChI is InChI=1S/C19H21N5O/c1-23-11-9-15(21-23)19-20-18(22-25-19)14-12-17(13-6-3-2-4-7-13)24-10-5-8-16(14)24/h2-4,6-7,9,11,14,16-17H,5,8,10,12H2,1H3/t14-,16+,17-/m1/s1. The maximum atomic E-state index is 5.51. The van der Waals surface area contributed by atoms with E-state index >= 15 is 0 Å². The topological polar surface area (TPSA) is 60.0 Å². The van der Waals surface area contributed by atoms with E-state index in [2.05, 4.69) is 50.5 Å². The highest BCUT2D eigenvalue weighted by Gasteiger charge is 2.46. The molecule has 3 atom stereocenters. The minimum Gasteiger partial charge on any atom is -0.332 e. The molecule has 4 heterocycles. The zero-order valence-corrected chi connectivity index (χ0v) is 14.2. The summed E-state index contributed by atoms with van der Waals surface area (Å²) in [6, 6.07) is 13.7. The first-order valence-corrected chi connectivity index (χ1v) is 8.94. The van der Waals surface area contributed by atoms with E-state index in [1.807, 2.05) is 19.3 Å². The van der Waals surface area contributed by atoms with Gasteiger partial charge in [-0.05, 0) is 37.4 Å². The zero-order valence-electron chi connectivity index (χ0n) is 14.2. The number of hydrogen-bond acceptors (Lipinski definition) is 5. The van der Waals surface area contributed by atoms with Gasteiger partial charge in [0.05, 0.1) is 0 Å². The molecule has 0 aliphatic carbocycles. The molecule has 5 rings (SSSR count). The highest BCUT2D eigenvalue weighted by Crippen LogP contribution is 2.48. The fraction of sp³-hybridized carbons (Fsp3) is 0.421. The van der Waals surface area contributed by atoms with Crippen molar-refractivity contribution in [1.29, 1.82) is 0 Å². The second-order valence-electron chi connectivity index (χ2n) is 7.05. The number of rotatable bonds is 3. The van der Waals surface area contributed by atoms with Crippen LogP contribution in [0.15, 0.2) is 47.1 Å². The minimum absolute atomic E-state index is 0.328. The summed E-state index contributed by atoms with van der Waals surface area (Å²) in [4.78, 5) is 7.32. The molecule has 2 saturated heterocycles. The van der Waals surface area contributed by atoms with Crippen LogP contribution in [0.5, 0.6) is 0 Å². The van der Waals surface area contributed by atoms with Gasteiger partial charge in [-0.3, -0.25) is 9.58 Å². The van der Waals surface area contributed by atoms with Gasteiger partial charge in [-0.2, -0.15) is 10.1 Å². The maximum Gasteiger partial charge on any atom is 0.278 e. The summed E-state index contributed by atoms with van der Waals surface area (Å²) < 4.78 is 7.26. The molecule has 0 spiro atoms. The number of benzene rings is 1. The third-order valence-electron chi connectivity index (χ3n) is 5.57. The summed E-state index contributed by atoms with van der Waals surface area (Å²) in [5.74, 6) is 1.67. The van der Waals surface area contributed by atoms with E-state index in [1.54, 1.807) is 4.68 Å². The molecule has 0 N–H and O–H groups in total. The van der Waals surface area contributed by atoms with Crippen LogP contribution in [0.3, 0.4) is 0 Å². The molecule has 0 unspecified atom stereocenters. The molecular formula is C19H21N5O. The molecule has 25 heavy (non-hydrogen) atoms. The van der Waals surface area contributed by atoms with Crippen molar-refractivity contribution in [3.8, 4) is 11.6 Å². The van der Waals surface area contributed by atoms with Gasteiger partial charge in [-0.1, -0.05) is 35.5 Å². The van der Waals surface area contributed by atoms with E-state index in [9.17, 15) is 0 Å². The minimum atomic E-state index is 0.328. The van der Waals surface area contributed by atoms with Crippen molar-refractivity contribution >= 4 is 0 Å². The summed E-state index contributed by atoms with van der Waals surface area (Å²) in [6.07, 6.45) is 5.39. The quantitative estimate of drug-likeness (QED) is 0.736. The van der Waals surface area contributed by atoms with Crippen LogP contribution >= 0.6 is 0 Å². The molecule has 1 aromatic carbocycles. The van der Waals surface area contributed by atoms with Crippen LogP contribution < -0.4 is 0 Å².